The molecule has 1 saturated heterocycles. The molecule has 1 amide bonds. The molecule has 4 heterocycles. The van der Waals surface area contributed by atoms with Crippen molar-refractivity contribution in [3.8, 4) is 0 Å². The number of aromatic amines is 1. The zero-order valence-electron chi connectivity index (χ0n) is 16.3. The number of hydrogen-bond donors (Lipinski definition) is 1. The summed E-state index contributed by atoms with van der Waals surface area (Å²) in [7, 11) is -3.36. The number of H-pyrrole nitrogens is 1. The van der Waals surface area contributed by atoms with Gasteiger partial charge in [-0.1, -0.05) is 0 Å². The number of rotatable bonds is 4. The Hall–Kier alpha value is -2.04. The molecule has 0 radical (unpaired) electrons. The molecule has 4 rings (SSSR count). The third-order valence-corrected chi connectivity index (χ3v) is 8.17. The molecule has 0 saturated carbocycles. The van der Waals surface area contributed by atoms with E-state index in [1.54, 1.807) is 11.8 Å². The van der Waals surface area contributed by atoms with E-state index in [-0.39, 0.29) is 29.8 Å². The lowest BCUT2D eigenvalue weighted by Crippen LogP contribution is -2.42. The summed E-state index contributed by atoms with van der Waals surface area (Å²) in [6.07, 6.45) is 3.03. The van der Waals surface area contributed by atoms with Crippen LogP contribution in [-0.4, -0.2) is 52.3 Å². The SMILES string of the molecule is CCS(=O)(=O)N1CCc2nc(C3CCCCN3C(=O)c3ccsc3)[nH]c(=O)c2C1. The van der Waals surface area contributed by atoms with E-state index in [4.69, 9.17) is 0 Å². The number of nitrogens with zero attached hydrogens (tertiary/aromatic N) is 3. The standard InChI is InChI=1S/C19H24N4O4S2/c1-2-29(26,27)22-9-6-15-14(11-22)18(24)21-17(20-15)16-5-3-4-8-23(16)19(25)13-7-10-28-12-13/h7,10,12,16H,2-6,8-9,11H2,1H3,(H,20,21,24). The molecule has 2 aliphatic rings. The van der Waals surface area contributed by atoms with Gasteiger partial charge in [-0.15, -0.1) is 0 Å². The fourth-order valence-corrected chi connectivity index (χ4v) is 5.70. The van der Waals surface area contributed by atoms with E-state index in [2.05, 4.69) is 9.97 Å². The molecule has 2 aromatic heterocycles. The monoisotopic (exact) mass is 436 g/mol. The topological polar surface area (TPSA) is 103 Å². The summed E-state index contributed by atoms with van der Waals surface area (Å²) in [4.78, 5) is 35.0. The number of piperidine rings is 1. The number of carbonyl (C=O) groups excluding carboxylic acids is 1. The molecule has 0 aliphatic carbocycles. The first-order valence-electron chi connectivity index (χ1n) is 9.83. The molecule has 2 aliphatic heterocycles. The van der Waals surface area contributed by atoms with Crippen molar-refractivity contribution in [3.63, 3.8) is 0 Å². The van der Waals surface area contributed by atoms with Crippen LogP contribution in [0, 0.1) is 0 Å². The summed E-state index contributed by atoms with van der Waals surface area (Å²) < 4.78 is 25.7. The molecule has 1 atom stereocenters. The van der Waals surface area contributed by atoms with Gasteiger partial charge >= 0.3 is 0 Å². The predicted molar refractivity (Wildman–Crippen MR) is 110 cm³/mol. The fraction of sp³-hybridized carbons (Fsp3) is 0.526. The van der Waals surface area contributed by atoms with Crippen molar-refractivity contribution in [1.29, 1.82) is 0 Å². The maximum absolute atomic E-state index is 12.9. The van der Waals surface area contributed by atoms with Gasteiger partial charge in [-0.05, 0) is 37.6 Å². The van der Waals surface area contributed by atoms with Gasteiger partial charge in [-0.2, -0.15) is 15.6 Å². The summed E-state index contributed by atoms with van der Waals surface area (Å²) in [5.41, 5.74) is 1.39. The summed E-state index contributed by atoms with van der Waals surface area (Å²) >= 11 is 1.48. The van der Waals surface area contributed by atoms with Crippen LogP contribution in [0.3, 0.4) is 0 Å². The number of fused-ring (bicyclic) bond motifs is 1. The van der Waals surface area contributed by atoms with Crippen LogP contribution in [-0.2, 0) is 23.0 Å². The second-order valence-corrected chi connectivity index (χ2v) is 10.4. The molecule has 1 N–H and O–H groups in total. The number of nitrogens with one attached hydrogen (secondary N) is 1. The van der Waals surface area contributed by atoms with Gasteiger partial charge in [0.1, 0.15) is 5.82 Å². The highest BCUT2D eigenvalue weighted by Gasteiger charge is 2.33. The Bertz CT molecular complexity index is 1060. The van der Waals surface area contributed by atoms with Crippen molar-refractivity contribution in [2.45, 2.75) is 45.2 Å². The van der Waals surface area contributed by atoms with Crippen molar-refractivity contribution in [2.24, 2.45) is 0 Å². The minimum atomic E-state index is -3.36. The lowest BCUT2D eigenvalue weighted by atomic mass is 9.99. The van der Waals surface area contributed by atoms with E-state index in [1.165, 1.54) is 15.6 Å². The largest absolute Gasteiger partial charge is 0.328 e. The van der Waals surface area contributed by atoms with Crippen LogP contribution in [0.4, 0.5) is 0 Å². The highest BCUT2D eigenvalue weighted by molar-refractivity contribution is 7.89. The van der Waals surface area contributed by atoms with Crippen molar-refractivity contribution in [1.82, 2.24) is 19.2 Å². The Morgan fingerprint density at radius 1 is 1.34 bits per heavy atom. The number of hydrogen-bond acceptors (Lipinski definition) is 6. The Balaban J connectivity index is 1.65. The van der Waals surface area contributed by atoms with E-state index in [0.29, 0.717) is 42.2 Å². The zero-order valence-corrected chi connectivity index (χ0v) is 17.9. The van der Waals surface area contributed by atoms with Gasteiger partial charge < -0.3 is 9.88 Å². The number of thiophene rings is 1. The molecule has 0 bridgehead atoms. The Kier molecular flexibility index (Phi) is 5.58. The van der Waals surface area contributed by atoms with Crippen molar-refractivity contribution in [2.75, 3.05) is 18.8 Å². The summed E-state index contributed by atoms with van der Waals surface area (Å²) in [6, 6.07) is 1.54. The van der Waals surface area contributed by atoms with Crippen LogP contribution >= 0.6 is 11.3 Å². The summed E-state index contributed by atoms with van der Waals surface area (Å²) in [5.74, 6) is 0.466. The van der Waals surface area contributed by atoms with Gasteiger partial charge in [0.05, 0.1) is 28.6 Å². The highest BCUT2D eigenvalue weighted by atomic mass is 32.2. The van der Waals surface area contributed by atoms with E-state index < -0.39 is 10.0 Å². The quantitative estimate of drug-likeness (QED) is 0.789. The summed E-state index contributed by atoms with van der Waals surface area (Å²) in [5, 5.41) is 3.71. The highest BCUT2D eigenvalue weighted by Crippen LogP contribution is 2.31. The number of amides is 1. The van der Waals surface area contributed by atoms with Gasteiger partial charge in [-0.25, -0.2) is 13.4 Å². The average Bonchev–Trinajstić information content (AvgIpc) is 3.28. The van der Waals surface area contributed by atoms with Gasteiger partial charge in [0.15, 0.2) is 0 Å². The number of likely N-dealkylation sites (tertiary alicyclic amines) is 1. The van der Waals surface area contributed by atoms with E-state index >= 15 is 0 Å². The second kappa shape index (κ2) is 8.00. The van der Waals surface area contributed by atoms with Crippen molar-refractivity contribution in [3.05, 3.63) is 49.8 Å². The molecule has 156 valence electrons. The fourth-order valence-electron chi connectivity index (χ4n) is 4.01. The molecule has 8 nitrogen and oxygen atoms in total. The van der Waals surface area contributed by atoms with E-state index in [0.717, 1.165) is 19.3 Å². The third-order valence-electron chi connectivity index (χ3n) is 5.66. The Morgan fingerprint density at radius 3 is 2.90 bits per heavy atom. The normalized spacial score (nSPS) is 20.4. The lowest BCUT2D eigenvalue weighted by Gasteiger charge is -2.35. The first-order valence-corrected chi connectivity index (χ1v) is 12.4. The summed E-state index contributed by atoms with van der Waals surface area (Å²) in [6.45, 7) is 2.60. The number of sulfonamides is 1. The molecule has 0 spiro atoms. The minimum absolute atomic E-state index is 0.00742. The smallest absolute Gasteiger partial charge is 0.255 e. The van der Waals surface area contributed by atoms with Crippen LogP contribution in [0.1, 0.15) is 59.7 Å². The van der Waals surface area contributed by atoms with Gasteiger partial charge in [0, 0.05) is 31.4 Å². The maximum Gasteiger partial charge on any atom is 0.255 e. The van der Waals surface area contributed by atoms with Crippen LogP contribution in [0.15, 0.2) is 21.6 Å². The van der Waals surface area contributed by atoms with Crippen LogP contribution in [0.5, 0.6) is 0 Å². The predicted octanol–water partition coefficient (Wildman–Crippen LogP) is 1.91. The van der Waals surface area contributed by atoms with Gasteiger partial charge in [-0.3, -0.25) is 9.59 Å². The van der Waals surface area contributed by atoms with Crippen molar-refractivity contribution < 1.29 is 13.2 Å². The van der Waals surface area contributed by atoms with Gasteiger partial charge in [0.25, 0.3) is 11.5 Å². The zero-order chi connectivity index (χ0) is 20.6. The minimum Gasteiger partial charge on any atom is -0.328 e. The van der Waals surface area contributed by atoms with E-state index in [9.17, 15) is 18.0 Å². The first kappa shape index (κ1) is 20.2. The molecule has 29 heavy (non-hydrogen) atoms. The Labute approximate surface area is 173 Å². The van der Waals surface area contributed by atoms with Crippen LogP contribution in [0.2, 0.25) is 0 Å². The lowest BCUT2D eigenvalue weighted by molar-refractivity contribution is 0.0599. The molecule has 10 heteroatoms. The first-order chi connectivity index (χ1) is 13.9. The van der Waals surface area contributed by atoms with Crippen molar-refractivity contribution >= 4 is 27.3 Å². The van der Waals surface area contributed by atoms with Crippen LogP contribution < -0.4 is 5.56 Å². The molecule has 2 aromatic rings. The number of carbonyl (C=O) groups is 1. The van der Waals surface area contributed by atoms with E-state index in [1.807, 2.05) is 16.8 Å². The van der Waals surface area contributed by atoms with Gasteiger partial charge in [0.2, 0.25) is 10.0 Å². The number of aromatic nitrogens is 2. The molecular formula is C19H24N4O4S2. The maximum atomic E-state index is 12.9. The molecular weight excluding hydrogens is 412 g/mol. The van der Waals surface area contributed by atoms with Crippen LogP contribution in [0.25, 0.3) is 0 Å². The second-order valence-electron chi connectivity index (χ2n) is 7.38. The molecule has 1 fully saturated rings. The average molecular weight is 437 g/mol. The third kappa shape index (κ3) is 3.88. The Morgan fingerprint density at radius 2 is 2.17 bits per heavy atom. The molecule has 0 aromatic carbocycles. The molecule has 1 unspecified atom stereocenters.